The molecular weight excluding hydrogens is 620 g/mol. The van der Waals surface area contributed by atoms with Crippen LogP contribution in [0.25, 0.3) is 0 Å². The summed E-state index contributed by atoms with van der Waals surface area (Å²) in [7, 11) is -3.60. The standard InChI is InChI=1S/C33H34N8O5S/c42-28-17-15-27(16-18-28)38-33-40-31(34-19-21-46-22-20-36-47(44,45)29-9-5-2-6-10-29)39-32(41-33)37-26-13-11-25(12-14-26)30(43)35-23-24-7-3-1-4-8-24/h1-18,36,42H,19-23H2,(H,35,43)(H3,34,37,38,39,40,41). The molecule has 0 aliphatic heterocycles. The van der Waals surface area contributed by atoms with E-state index in [1.54, 1.807) is 54.6 Å². The molecule has 242 valence electrons. The maximum Gasteiger partial charge on any atom is 0.251 e. The predicted octanol–water partition coefficient (Wildman–Crippen LogP) is 4.40. The van der Waals surface area contributed by atoms with E-state index in [0.29, 0.717) is 30.0 Å². The van der Waals surface area contributed by atoms with Crippen molar-refractivity contribution in [1.82, 2.24) is 25.0 Å². The van der Waals surface area contributed by atoms with Crippen molar-refractivity contribution in [2.75, 3.05) is 42.3 Å². The van der Waals surface area contributed by atoms with Gasteiger partial charge in [0.2, 0.25) is 27.9 Å². The van der Waals surface area contributed by atoms with Crippen molar-refractivity contribution in [1.29, 1.82) is 0 Å². The molecule has 5 aromatic rings. The molecule has 13 nitrogen and oxygen atoms in total. The number of carbonyl (C=O) groups is 1. The summed E-state index contributed by atoms with van der Waals surface area (Å²) >= 11 is 0. The molecule has 0 aliphatic carbocycles. The number of anilines is 5. The minimum absolute atomic E-state index is 0.116. The van der Waals surface area contributed by atoms with Gasteiger partial charge in [0, 0.05) is 36.6 Å². The number of aromatic hydroxyl groups is 1. The minimum atomic E-state index is -3.60. The third kappa shape index (κ3) is 10.2. The molecule has 6 N–H and O–H groups in total. The maximum absolute atomic E-state index is 12.6. The molecule has 0 atom stereocenters. The van der Waals surface area contributed by atoms with E-state index in [-0.39, 0.29) is 54.2 Å². The van der Waals surface area contributed by atoms with Crippen molar-refractivity contribution in [2.45, 2.75) is 11.4 Å². The molecule has 5 rings (SSSR count). The Labute approximate surface area is 272 Å². The number of carbonyl (C=O) groups excluding carboxylic acids is 1. The minimum Gasteiger partial charge on any atom is -0.508 e. The summed E-state index contributed by atoms with van der Waals surface area (Å²) in [4.78, 5) is 26.2. The van der Waals surface area contributed by atoms with Crippen molar-refractivity contribution in [2.24, 2.45) is 0 Å². The van der Waals surface area contributed by atoms with Crippen molar-refractivity contribution in [3.05, 3.63) is 120 Å². The second-order valence-electron chi connectivity index (χ2n) is 10.1. The van der Waals surface area contributed by atoms with Crippen LogP contribution in [0.2, 0.25) is 0 Å². The van der Waals surface area contributed by atoms with Crippen LogP contribution in [0.4, 0.5) is 29.2 Å². The number of hydrogen-bond donors (Lipinski definition) is 6. The zero-order valence-electron chi connectivity index (χ0n) is 25.3. The first kappa shape index (κ1) is 32.8. The molecular formula is C33H34N8O5S. The Morgan fingerprint density at radius 1 is 0.681 bits per heavy atom. The van der Waals surface area contributed by atoms with Crippen molar-refractivity contribution in [3.63, 3.8) is 0 Å². The van der Waals surface area contributed by atoms with Crippen molar-refractivity contribution < 1.29 is 23.1 Å². The number of hydrogen-bond acceptors (Lipinski definition) is 11. The van der Waals surface area contributed by atoms with Gasteiger partial charge < -0.3 is 31.1 Å². The van der Waals surface area contributed by atoms with Gasteiger partial charge in [-0.05, 0) is 66.2 Å². The van der Waals surface area contributed by atoms with Gasteiger partial charge in [-0.25, -0.2) is 13.1 Å². The Morgan fingerprint density at radius 2 is 1.23 bits per heavy atom. The summed E-state index contributed by atoms with van der Waals surface area (Å²) in [6.45, 7) is 1.31. The fourth-order valence-electron chi connectivity index (χ4n) is 4.22. The van der Waals surface area contributed by atoms with Crippen LogP contribution in [0.5, 0.6) is 5.75 Å². The van der Waals surface area contributed by atoms with E-state index in [0.717, 1.165) is 5.56 Å². The molecule has 0 unspecified atom stereocenters. The molecule has 14 heteroatoms. The predicted molar refractivity (Wildman–Crippen MR) is 179 cm³/mol. The molecule has 0 aliphatic rings. The van der Waals surface area contributed by atoms with Gasteiger partial charge >= 0.3 is 0 Å². The van der Waals surface area contributed by atoms with Crippen LogP contribution in [0.1, 0.15) is 15.9 Å². The molecule has 0 saturated carbocycles. The number of phenolic OH excluding ortho intramolecular Hbond substituents is 1. The molecule has 0 radical (unpaired) electrons. The largest absolute Gasteiger partial charge is 0.508 e. The van der Waals surface area contributed by atoms with Crippen LogP contribution in [0.15, 0.2) is 114 Å². The number of nitrogens with zero attached hydrogens (tertiary/aromatic N) is 3. The molecule has 1 heterocycles. The van der Waals surface area contributed by atoms with E-state index >= 15 is 0 Å². The molecule has 0 fully saturated rings. The molecule has 0 spiro atoms. The molecule has 0 saturated heterocycles. The second-order valence-corrected chi connectivity index (χ2v) is 11.9. The lowest BCUT2D eigenvalue weighted by molar-refractivity contribution is 0.0951. The summed E-state index contributed by atoms with van der Waals surface area (Å²) in [5.41, 5.74) is 2.82. The SMILES string of the molecule is O=C(NCc1ccccc1)c1ccc(Nc2nc(NCCOCCNS(=O)(=O)c3ccccc3)nc(Nc3ccc(O)cc3)n2)cc1. The number of aromatic nitrogens is 3. The Morgan fingerprint density at radius 3 is 1.87 bits per heavy atom. The molecule has 4 aromatic carbocycles. The second kappa shape index (κ2) is 16.1. The third-order valence-electron chi connectivity index (χ3n) is 6.58. The van der Waals surface area contributed by atoms with E-state index in [1.807, 2.05) is 30.3 Å². The van der Waals surface area contributed by atoms with Gasteiger partial charge in [0.05, 0.1) is 18.1 Å². The van der Waals surface area contributed by atoms with E-state index in [4.69, 9.17) is 4.74 Å². The number of amides is 1. The first-order chi connectivity index (χ1) is 22.8. The lowest BCUT2D eigenvalue weighted by Gasteiger charge is -2.12. The number of ether oxygens (including phenoxy) is 1. The van der Waals surface area contributed by atoms with Gasteiger partial charge in [0.1, 0.15) is 5.75 Å². The molecule has 0 bridgehead atoms. The fourth-order valence-corrected chi connectivity index (χ4v) is 5.26. The van der Waals surface area contributed by atoms with Crippen molar-refractivity contribution in [3.8, 4) is 5.75 Å². The van der Waals surface area contributed by atoms with Crippen LogP contribution < -0.4 is 26.0 Å². The zero-order valence-corrected chi connectivity index (χ0v) is 26.1. The van der Waals surface area contributed by atoms with Crippen LogP contribution in [0, 0.1) is 0 Å². The van der Waals surface area contributed by atoms with Crippen LogP contribution in [0.3, 0.4) is 0 Å². The highest BCUT2D eigenvalue weighted by Crippen LogP contribution is 2.21. The number of benzene rings is 4. The monoisotopic (exact) mass is 654 g/mol. The summed E-state index contributed by atoms with van der Waals surface area (Å²) < 4.78 is 32.7. The van der Waals surface area contributed by atoms with E-state index in [9.17, 15) is 18.3 Å². The number of rotatable bonds is 16. The van der Waals surface area contributed by atoms with Gasteiger partial charge in [0.25, 0.3) is 5.91 Å². The highest BCUT2D eigenvalue weighted by atomic mass is 32.2. The van der Waals surface area contributed by atoms with E-state index in [1.165, 1.54) is 24.3 Å². The van der Waals surface area contributed by atoms with E-state index < -0.39 is 10.0 Å². The van der Waals surface area contributed by atoms with Crippen LogP contribution in [-0.4, -0.2) is 60.7 Å². The lowest BCUT2D eigenvalue weighted by Crippen LogP contribution is -2.28. The quantitative estimate of drug-likeness (QED) is 0.0656. The molecule has 47 heavy (non-hydrogen) atoms. The van der Waals surface area contributed by atoms with Gasteiger partial charge in [0.15, 0.2) is 0 Å². The van der Waals surface area contributed by atoms with Crippen LogP contribution in [-0.2, 0) is 21.3 Å². The average molecular weight is 655 g/mol. The smallest absolute Gasteiger partial charge is 0.251 e. The van der Waals surface area contributed by atoms with Gasteiger partial charge in [-0.2, -0.15) is 15.0 Å². The normalized spacial score (nSPS) is 11.1. The number of phenols is 1. The maximum atomic E-state index is 12.6. The summed E-state index contributed by atoms with van der Waals surface area (Å²) in [6.07, 6.45) is 0. The Kier molecular flexibility index (Phi) is 11.3. The zero-order chi connectivity index (χ0) is 32.9. The van der Waals surface area contributed by atoms with Crippen molar-refractivity contribution >= 4 is 45.2 Å². The number of sulfonamides is 1. The summed E-state index contributed by atoms with van der Waals surface area (Å²) in [5.74, 6) is 0.670. The summed E-state index contributed by atoms with van der Waals surface area (Å²) in [5, 5.41) is 21.9. The highest BCUT2D eigenvalue weighted by molar-refractivity contribution is 7.89. The molecule has 1 aromatic heterocycles. The highest BCUT2D eigenvalue weighted by Gasteiger charge is 2.13. The Hall–Kier alpha value is -5.57. The van der Waals surface area contributed by atoms with E-state index in [2.05, 4.69) is 40.9 Å². The topological polar surface area (TPSA) is 179 Å². The lowest BCUT2D eigenvalue weighted by atomic mass is 10.2. The fraction of sp³-hybridized carbons (Fsp3) is 0.152. The van der Waals surface area contributed by atoms with Gasteiger partial charge in [-0.1, -0.05) is 48.5 Å². The first-order valence-corrected chi connectivity index (χ1v) is 16.2. The number of nitrogens with one attached hydrogen (secondary N) is 5. The summed E-state index contributed by atoms with van der Waals surface area (Å²) in [6, 6.07) is 31.1. The first-order valence-electron chi connectivity index (χ1n) is 14.7. The van der Waals surface area contributed by atoms with Crippen LogP contribution >= 0.6 is 0 Å². The average Bonchev–Trinajstić information content (AvgIpc) is 3.09. The van der Waals surface area contributed by atoms with Gasteiger partial charge in [-0.15, -0.1) is 0 Å². The van der Waals surface area contributed by atoms with Gasteiger partial charge in [-0.3, -0.25) is 4.79 Å². The third-order valence-corrected chi connectivity index (χ3v) is 8.06. The Balaban J connectivity index is 1.17. The Bertz CT molecular complexity index is 1840. The molecule has 1 amide bonds.